The number of hydrogen-bond acceptors (Lipinski definition) is 2. The zero-order valence-corrected chi connectivity index (χ0v) is 11.0. The molecule has 1 aliphatic heterocycles. The third-order valence-corrected chi connectivity index (χ3v) is 4.89. The van der Waals surface area contributed by atoms with Crippen LogP contribution >= 0.6 is 0 Å². The van der Waals surface area contributed by atoms with E-state index in [9.17, 15) is 0 Å². The molecule has 0 radical (unpaired) electrons. The third kappa shape index (κ3) is 2.28. The molecule has 2 rings (SSSR count). The van der Waals surface area contributed by atoms with Gasteiger partial charge in [-0.15, -0.1) is 0 Å². The van der Waals surface area contributed by atoms with Gasteiger partial charge in [-0.25, -0.2) is 0 Å². The normalized spacial score (nSPS) is 34.7. The number of rotatable bonds is 4. The first-order valence-corrected chi connectivity index (χ1v) is 7.25. The second-order valence-corrected chi connectivity index (χ2v) is 5.78. The Balaban J connectivity index is 2.05. The van der Waals surface area contributed by atoms with E-state index in [-0.39, 0.29) is 0 Å². The van der Waals surface area contributed by atoms with Gasteiger partial charge in [0, 0.05) is 24.7 Å². The Morgan fingerprint density at radius 3 is 2.44 bits per heavy atom. The average molecular weight is 224 g/mol. The van der Waals surface area contributed by atoms with Gasteiger partial charge in [0.25, 0.3) is 0 Å². The highest BCUT2D eigenvalue weighted by Crippen LogP contribution is 2.36. The molecule has 0 aromatic rings. The summed E-state index contributed by atoms with van der Waals surface area (Å²) in [5.74, 6) is 0.889. The molecule has 1 aliphatic carbocycles. The lowest BCUT2D eigenvalue weighted by atomic mass is 9.95. The SMILES string of the molecule is CCC1CCC(C)N1C(CN)C1CCCC1. The minimum absolute atomic E-state index is 0.671. The van der Waals surface area contributed by atoms with Crippen LogP contribution in [0.15, 0.2) is 0 Å². The predicted molar refractivity (Wildman–Crippen MR) is 69.4 cm³/mol. The highest BCUT2D eigenvalue weighted by Gasteiger charge is 2.38. The van der Waals surface area contributed by atoms with Crippen LogP contribution in [0.25, 0.3) is 0 Å². The van der Waals surface area contributed by atoms with E-state index in [0.717, 1.165) is 24.5 Å². The van der Waals surface area contributed by atoms with E-state index in [1.165, 1.54) is 44.9 Å². The molecule has 0 aromatic carbocycles. The zero-order chi connectivity index (χ0) is 11.5. The summed E-state index contributed by atoms with van der Waals surface area (Å²) in [4.78, 5) is 2.77. The molecule has 3 unspecified atom stereocenters. The number of likely N-dealkylation sites (tertiary alicyclic amines) is 1. The van der Waals surface area contributed by atoms with E-state index in [1.807, 2.05) is 0 Å². The van der Waals surface area contributed by atoms with Crippen LogP contribution in [-0.2, 0) is 0 Å². The van der Waals surface area contributed by atoms with Gasteiger partial charge in [-0.3, -0.25) is 4.90 Å². The molecule has 1 saturated heterocycles. The maximum atomic E-state index is 6.07. The summed E-state index contributed by atoms with van der Waals surface area (Å²) < 4.78 is 0. The molecular formula is C14H28N2. The molecule has 0 aromatic heterocycles. The van der Waals surface area contributed by atoms with Crippen molar-refractivity contribution in [2.75, 3.05) is 6.54 Å². The summed E-state index contributed by atoms with van der Waals surface area (Å²) in [6.07, 6.45) is 9.76. The van der Waals surface area contributed by atoms with Gasteiger partial charge in [0.1, 0.15) is 0 Å². The third-order valence-electron chi connectivity index (χ3n) is 4.89. The molecule has 0 spiro atoms. The molecule has 2 nitrogen and oxygen atoms in total. The lowest BCUT2D eigenvalue weighted by Crippen LogP contribution is -2.50. The quantitative estimate of drug-likeness (QED) is 0.795. The maximum Gasteiger partial charge on any atom is 0.0252 e. The lowest BCUT2D eigenvalue weighted by molar-refractivity contribution is 0.0955. The van der Waals surface area contributed by atoms with Crippen LogP contribution in [0.1, 0.15) is 58.8 Å². The van der Waals surface area contributed by atoms with Crippen molar-refractivity contribution in [2.24, 2.45) is 11.7 Å². The molecule has 16 heavy (non-hydrogen) atoms. The van der Waals surface area contributed by atoms with Crippen molar-refractivity contribution in [3.8, 4) is 0 Å². The lowest BCUT2D eigenvalue weighted by Gasteiger charge is -2.39. The predicted octanol–water partition coefficient (Wildman–Crippen LogP) is 2.77. The summed E-state index contributed by atoms with van der Waals surface area (Å²) in [7, 11) is 0. The van der Waals surface area contributed by atoms with Crippen LogP contribution in [0.5, 0.6) is 0 Å². The van der Waals surface area contributed by atoms with Crippen LogP contribution < -0.4 is 5.73 Å². The minimum atomic E-state index is 0.671. The van der Waals surface area contributed by atoms with Crippen LogP contribution in [-0.4, -0.2) is 29.6 Å². The molecule has 0 amide bonds. The highest BCUT2D eigenvalue weighted by molar-refractivity contribution is 4.93. The summed E-state index contributed by atoms with van der Waals surface area (Å²) in [5, 5.41) is 0. The fraction of sp³-hybridized carbons (Fsp3) is 1.00. The number of nitrogens with zero attached hydrogens (tertiary/aromatic N) is 1. The summed E-state index contributed by atoms with van der Waals surface area (Å²) in [6, 6.07) is 2.24. The molecule has 1 saturated carbocycles. The van der Waals surface area contributed by atoms with Crippen molar-refractivity contribution >= 4 is 0 Å². The molecule has 2 N–H and O–H groups in total. The largest absolute Gasteiger partial charge is 0.329 e. The topological polar surface area (TPSA) is 29.3 Å². The first kappa shape index (κ1) is 12.4. The van der Waals surface area contributed by atoms with Crippen molar-refractivity contribution in [1.82, 2.24) is 4.90 Å². The number of hydrogen-bond donors (Lipinski definition) is 1. The van der Waals surface area contributed by atoms with Gasteiger partial charge in [0.2, 0.25) is 0 Å². The van der Waals surface area contributed by atoms with Crippen LogP contribution in [0, 0.1) is 5.92 Å². The minimum Gasteiger partial charge on any atom is -0.329 e. The van der Waals surface area contributed by atoms with E-state index in [4.69, 9.17) is 5.73 Å². The Bertz CT molecular complexity index is 211. The van der Waals surface area contributed by atoms with Gasteiger partial charge in [-0.2, -0.15) is 0 Å². The van der Waals surface area contributed by atoms with E-state index in [2.05, 4.69) is 18.7 Å². The van der Waals surface area contributed by atoms with Gasteiger partial charge in [-0.1, -0.05) is 19.8 Å². The van der Waals surface area contributed by atoms with Gasteiger partial charge in [-0.05, 0) is 44.9 Å². The highest BCUT2D eigenvalue weighted by atomic mass is 15.2. The van der Waals surface area contributed by atoms with Crippen molar-refractivity contribution in [2.45, 2.75) is 76.9 Å². The van der Waals surface area contributed by atoms with E-state index in [0.29, 0.717) is 6.04 Å². The van der Waals surface area contributed by atoms with Gasteiger partial charge >= 0.3 is 0 Å². The van der Waals surface area contributed by atoms with Crippen molar-refractivity contribution < 1.29 is 0 Å². The zero-order valence-electron chi connectivity index (χ0n) is 11.0. The Morgan fingerprint density at radius 1 is 1.19 bits per heavy atom. The monoisotopic (exact) mass is 224 g/mol. The molecule has 2 heteroatoms. The molecule has 3 atom stereocenters. The molecular weight excluding hydrogens is 196 g/mol. The summed E-state index contributed by atoms with van der Waals surface area (Å²) in [5.41, 5.74) is 6.07. The second-order valence-electron chi connectivity index (χ2n) is 5.78. The van der Waals surface area contributed by atoms with Crippen molar-refractivity contribution in [1.29, 1.82) is 0 Å². The van der Waals surface area contributed by atoms with Crippen LogP contribution in [0.2, 0.25) is 0 Å². The smallest absolute Gasteiger partial charge is 0.0252 e. The fourth-order valence-corrected chi connectivity index (χ4v) is 4.00. The molecule has 94 valence electrons. The fourth-order valence-electron chi connectivity index (χ4n) is 4.00. The van der Waals surface area contributed by atoms with Gasteiger partial charge in [0.15, 0.2) is 0 Å². The van der Waals surface area contributed by atoms with Crippen LogP contribution in [0.4, 0.5) is 0 Å². The molecule has 2 fully saturated rings. The Kier molecular flexibility index (Phi) is 4.26. The first-order valence-electron chi connectivity index (χ1n) is 7.25. The molecule has 0 bridgehead atoms. The Morgan fingerprint density at radius 2 is 1.88 bits per heavy atom. The Hall–Kier alpha value is -0.0800. The first-order chi connectivity index (χ1) is 7.77. The average Bonchev–Trinajstić information content (AvgIpc) is 2.91. The van der Waals surface area contributed by atoms with E-state index in [1.54, 1.807) is 0 Å². The maximum absolute atomic E-state index is 6.07. The Labute approximate surface area is 101 Å². The summed E-state index contributed by atoms with van der Waals surface area (Å²) >= 11 is 0. The van der Waals surface area contributed by atoms with E-state index >= 15 is 0 Å². The van der Waals surface area contributed by atoms with E-state index < -0.39 is 0 Å². The standard InChI is InChI=1S/C14H28N2/c1-3-13-9-8-11(2)16(13)14(10-15)12-6-4-5-7-12/h11-14H,3-10,15H2,1-2H3. The second kappa shape index (κ2) is 5.50. The summed E-state index contributed by atoms with van der Waals surface area (Å²) in [6.45, 7) is 5.59. The van der Waals surface area contributed by atoms with Crippen molar-refractivity contribution in [3.63, 3.8) is 0 Å². The van der Waals surface area contributed by atoms with Crippen LogP contribution in [0.3, 0.4) is 0 Å². The van der Waals surface area contributed by atoms with Gasteiger partial charge in [0.05, 0.1) is 0 Å². The van der Waals surface area contributed by atoms with Gasteiger partial charge < -0.3 is 5.73 Å². The molecule has 2 aliphatic rings. The molecule has 1 heterocycles. The number of nitrogens with two attached hydrogens (primary N) is 1. The van der Waals surface area contributed by atoms with Crippen molar-refractivity contribution in [3.05, 3.63) is 0 Å².